The smallest absolute Gasteiger partial charge is 0.356 e. The number of rotatable bonds is 5. The molecule has 8 heteroatoms. The summed E-state index contributed by atoms with van der Waals surface area (Å²) >= 11 is 0. The molecule has 1 aromatic heterocycles. The van der Waals surface area contributed by atoms with Gasteiger partial charge in [0, 0.05) is 38.9 Å². The molecule has 0 saturated carbocycles. The first-order valence-electron chi connectivity index (χ1n) is 8.48. The Balaban J connectivity index is 1.54. The number of carboxylic acid groups (broad SMARTS) is 1. The summed E-state index contributed by atoms with van der Waals surface area (Å²) in [6.07, 6.45) is 1.51. The van der Waals surface area contributed by atoms with E-state index in [-0.39, 0.29) is 17.4 Å². The van der Waals surface area contributed by atoms with E-state index in [0.29, 0.717) is 13.1 Å². The second-order valence-corrected chi connectivity index (χ2v) is 6.39. The van der Waals surface area contributed by atoms with Crippen LogP contribution in [0, 0.1) is 5.82 Å². The molecule has 1 fully saturated rings. The average Bonchev–Trinajstić information content (AvgIpc) is 3.13. The van der Waals surface area contributed by atoms with Gasteiger partial charge in [0.15, 0.2) is 5.69 Å². The number of aromatic carboxylic acids is 1. The molecule has 2 heterocycles. The Morgan fingerprint density at radius 2 is 1.81 bits per heavy atom. The summed E-state index contributed by atoms with van der Waals surface area (Å²) in [5.74, 6) is -1.44. The number of piperazine rings is 1. The fraction of sp³-hybridized carbons (Fsp3) is 0.389. The van der Waals surface area contributed by atoms with Crippen LogP contribution in [0.4, 0.5) is 4.39 Å². The normalized spacial score (nSPS) is 16.5. The summed E-state index contributed by atoms with van der Waals surface area (Å²) in [4.78, 5) is 27.5. The molecule has 1 unspecified atom stereocenters. The van der Waals surface area contributed by atoms with Gasteiger partial charge in [-0.25, -0.2) is 9.18 Å². The largest absolute Gasteiger partial charge is 0.476 e. The second-order valence-electron chi connectivity index (χ2n) is 6.39. The van der Waals surface area contributed by atoms with Crippen LogP contribution in [-0.4, -0.2) is 62.7 Å². The Labute approximate surface area is 150 Å². The molecule has 138 valence electrons. The maximum absolute atomic E-state index is 13.0. The zero-order valence-electron chi connectivity index (χ0n) is 14.5. The van der Waals surface area contributed by atoms with Gasteiger partial charge in [-0.3, -0.25) is 14.4 Å². The minimum absolute atomic E-state index is 0.0752. The van der Waals surface area contributed by atoms with Gasteiger partial charge in [0.05, 0.1) is 0 Å². The predicted molar refractivity (Wildman–Crippen MR) is 92.2 cm³/mol. The number of carbonyl (C=O) groups excluding carboxylic acids is 1. The van der Waals surface area contributed by atoms with E-state index in [1.807, 2.05) is 0 Å². The zero-order chi connectivity index (χ0) is 18.7. The summed E-state index contributed by atoms with van der Waals surface area (Å²) < 4.78 is 14.4. The summed E-state index contributed by atoms with van der Waals surface area (Å²) in [7, 11) is 0. The van der Waals surface area contributed by atoms with Gasteiger partial charge in [0.25, 0.3) is 0 Å². The van der Waals surface area contributed by atoms with Gasteiger partial charge < -0.3 is 10.0 Å². The van der Waals surface area contributed by atoms with E-state index in [2.05, 4.69) is 10.00 Å². The lowest BCUT2D eigenvalue weighted by atomic mass is 10.2. The fourth-order valence-corrected chi connectivity index (χ4v) is 3.02. The standard InChI is InChI=1S/C18H21FN4O3/c1-13(23-7-6-16(20-23)18(25)26)17(24)22-10-8-21(9-11-22)12-14-2-4-15(19)5-3-14/h2-7,13H,8-12H2,1H3,(H,25,26). The molecule has 2 aromatic rings. The molecule has 0 spiro atoms. The second kappa shape index (κ2) is 7.65. The Bertz CT molecular complexity index is 782. The quantitative estimate of drug-likeness (QED) is 0.877. The van der Waals surface area contributed by atoms with Crippen molar-refractivity contribution in [2.75, 3.05) is 26.2 Å². The molecule has 1 aliphatic heterocycles. The monoisotopic (exact) mass is 360 g/mol. The highest BCUT2D eigenvalue weighted by molar-refractivity contribution is 5.85. The van der Waals surface area contributed by atoms with Crippen LogP contribution in [0.15, 0.2) is 36.5 Å². The number of nitrogens with zero attached hydrogens (tertiary/aromatic N) is 4. The van der Waals surface area contributed by atoms with Crippen LogP contribution < -0.4 is 0 Å². The van der Waals surface area contributed by atoms with Gasteiger partial charge in [-0.2, -0.15) is 5.10 Å². The molecule has 1 atom stereocenters. The molecular formula is C18H21FN4O3. The van der Waals surface area contributed by atoms with Crippen LogP contribution >= 0.6 is 0 Å². The Hall–Kier alpha value is -2.74. The van der Waals surface area contributed by atoms with Crippen LogP contribution in [0.5, 0.6) is 0 Å². The SMILES string of the molecule is CC(C(=O)N1CCN(Cc2ccc(F)cc2)CC1)n1ccc(C(=O)O)n1. The summed E-state index contributed by atoms with van der Waals surface area (Å²) in [6.45, 7) is 5.09. The minimum Gasteiger partial charge on any atom is -0.476 e. The van der Waals surface area contributed by atoms with E-state index in [1.54, 1.807) is 24.0 Å². The number of hydrogen-bond donors (Lipinski definition) is 1. The van der Waals surface area contributed by atoms with E-state index in [1.165, 1.54) is 29.1 Å². The topological polar surface area (TPSA) is 78.7 Å². The van der Waals surface area contributed by atoms with Crippen LogP contribution in [0.2, 0.25) is 0 Å². The van der Waals surface area contributed by atoms with Gasteiger partial charge in [-0.05, 0) is 30.7 Å². The number of aromatic nitrogens is 2. The van der Waals surface area contributed by atoms with Crippen molar-refractivity contribution in [3.05, 3.63) is 53.6 Å². The maximum atomic E-state index is 13.0. The van der Waals surface area contributed by atoms with Gasteiger partial charge in [-0.1, -0.05) is 12.1 Å². The number of carboxylic acids is 1. The first-order valence-corrected chi connectivity index (χ1v) is 8.48. The summed E-state index contributed by atoms with van der Waals surface area (Å²) in [6, 6.07) is 7.27. The Kier molecular flexibility index (Phi) is 5.32. The third kappa shape index (κ3) is 4.08. The van der Waals surface area contributed by atoms with Crippen LogP contribution in [0.3, 0.4) is 0 Å². The Morgan fingerprint density at radius 1 is 1.15 bits per heavy atom. The van der Waals surface area contributed by atoms with E-state index in [4.69, 9.17) is 5.11 Å². The van der Waals surface area contributed by atoms with E-state index in [9.17, 15) is 14.0 Å². The molecule has 1 saturated heterocycles. The van der Waals surface area contributed by atoms with E-state index < -0.39 is 12.0 Å². The molecule has 1 aliphatic rings. The molecule has 1 aromatic carbocycles. The maximum Gasteiger partial charge on any atom is 0.356 e. The highest BCUT2D eigenvalue weighted by atomic mass is 19.1. The molecule has 0 radical (unpaired) electrons. The van der Waals surface area contributed by atoms with Crippen molar-refractivity contribution in [2.24, 2.45) is 0 Å². The van der Waals surface area contributed by atoms with Crippen molar-refractivity contribution < 1.29 is 19.1 Å². The van der Waals surface area contributed by atoms with Gasteiger partial charge in [-0.15, -0.1) is 0 Å². The van der Waals surface area contributed by atoms with Crippen LogP contribution in [-0.2, 0) is 11.3 Å². The minimum atomic E-state index is -1.11. The highest BCUT2D eigenvalue weighted by Crippen LogP contribution is 2.14. The lowest BCUT2D eigenvalue weighted by Crippen LogP contribution is -2.50. The van der Waals surface area contributed by atoms with Crippen molar-refractivity contribution in [2.45, 2.75) is 19.5 Å². The van der Waals surface area contributed by atoms with E-state index in [0.717, 1.165) is 25.2 Å². The van der Waals surface area contributed by atoms with Gasteiger partial charge >= 0.3 is 5.97 Å². The van der Waals surface area contributed by atoms with Crippen molar-refractivity contribution in [3.8, 4) is 0 Å². The van der Waals surface area contributed by atoms with E-state index >= 15 is 0 Å². The van der Waals surface area contributed by atoms with Crippen molar-refractivity contribution in [1.29, 1.82) is 0 Å². The molecule has 0 aliphatic carbocycles. The van der Waals surface area contributed by atoms with Crippen molar-refractivity contribution in [3.63, 3.8) is 0 Å². The fourth-order valence-electron chi connectivity index (χ4n) is 3.02. The average molecular weight is 360 g/mol. The molecule has 26 heavy (non-hydrogen) atoms. The first-order chi connectivity index (χ1) is 12.4. The number of carbonyl (C=O) groups is 2. The molecule has 0 bridgehead atoms. The summed E-state index contributed by atoms with van der Waals surface area (Å²) in [5, 5.41) is 12.9. The molecule has 7 nitrogen and oxygen atoms in total. The lowest BCUT2D eigenvalue weighted by Gasteiger charge is -2.36. The zero-order valence-corrected chi connectivity index (χ0v) is 14.5. The molecule has 3 rings (SSSR count). The lowest BCUT2D eigenvalue weighted by molar-refractivity contribution is -0.136. The molecular weight excluding hydrogens is 339 g/mol. The highest BCUT2D eigenvalue weighted by Gasteiger charge is 2.26. The Morgan fingerprint density at radius 3 is 2.38 bits per heavy atom. The number of halogens is 1. The van der Waals surface area contributed by atoms with Crippen LogP contribution in [0.25, 0.3) is 0 Å². The van der Waals surface area contributed by atoms with Crippen molar-refractivity contribution in [1.82, 2.24) is 19.6 Å². The van der Waals surface area contributed by atoms with Crippen molar-refractivity contribution >= 4 is 11.9 Å². The summed E-state index contributed by atoms with van der Waals surface area (Å²) in [5.41, 5.74) is 0.964. The predicted octanol–water partition coefficient (Wildman–Crippen LogP) is 1.63. The van der Waals surface area contributed by atoms with Gasteiger partial charge in [0.1, 0.15) is 11.9 Å². The molecule has 1 N–H and O–H groups in total. The third-order valence-corrected chi connectivity index (χ3v) is 4.59. The first kappa shape index (κ1) is 18.1. The number of hydrogen-bond acceptors (Lipinski definition) is 4. The number of benzene rings is 1. The van der Waals surface area contributed by atoms with Crippen LogP contribution in [0.1, 0.15) is 29.0 Å². The van der Waals surface area contributed by atoms with Gasteiger partial charge in [0.2, 0.25) is 5.91 Å². The molecule has 1 amide bonds. The third-order valence-electron chi connectivity index (χ3n) is 4.59. The number of amides is 1.